The molecule has 1 saturated heterocycles. The number of hydrogen-bond acceptors (Lipinski definition) is 5. The third-order valence-electron chi connectivity index (χ3n) is 3.04. The van der Waals surface area contributed by atoms with E-state index in [9.17, 15) is 9.90 Å². The average Bonchev–Trinajstić information content (AvgIpc) is 2.29. The van der Waals surface area contributed by atoms with Gasteiger partial charge in [-0.1, -0.05) is 0 Å². The quantitative estimate of drug-likeness (QED) is 0.702. The van der Waals surface area contributed by atoms with E-state index in [1.807, 2.05) is 30.2 Å². The molecule has 0 aromatic heterocycles. The first-order valence-corrected chi connectivity index (χ1v) is 7.74. The van der Waals surface area contributed by atoms with E-state index in [1.54, 1.807) is 11.8 Å². The summed E-state index contributed by atoms with van der Waals surface area (Å²) in [5.41, 5.74) is 0. The molecule has 5 nitrogen and oxygen atoms in total. The number of β-amino-alcohol motifs (C(OH)–C–C–N with tert-alkyl or cyclic N) is 1. The lowest BCUT2D eigenvalue weighted by molar-refractivity contribution is -0.130. The number of hydrogen-bond donors (Lipinski definition) is 1. The minimum absolute atomic E-state index is 0.232. The van der Waals surface area contributed by atoms with Crippen molar-refractivity contribution in [2.24, 2.45) is 0 Å². The van der Waals surface area contributed by atoms with Gasteiger partial charge in [0.1, 0.15) is 0 Å². The Bertz CT molecular complexity index is 256. The molecule has 0 aliphatic carbocycles. The standard InChI is InChI=1S/C12H25N3O2S/c1-13(2)8-11(16)9-14-4-6-15(7-5-14)12(17)10-18-3/h11,16H,4-10H2,1-3H3. The molecule has 1 atom stereocenters. The van der Waals surface area contributed by atoms with Crippen LogP contribution in [-0.4, -0.2) is 97.2 Å². The first-order valence-electron chi connectivity index (χ1n) is 6.34. The number of piperazine rings is 1. The van der Waals surface area contributed by atoms with Crippen LogP contribution in [0.3, 0.4) is 0 Å². The van der Waals surface area contributed by atoms with Crippen LogP contribution in [0.4, 0.5) is 0 Å². The maximum Gasteiger partial charge on any atom is 0.232 e. The van der Waals surface area contributed by atoms with E-state index in [0.29, 0.717) is 18.8 Å². The normalized spacial score (nSPS) is 19.3. The second kappa shape index (κ2) is 7.99. The Hall–Kier alpha value is -0.300. The van der Waals surface area contributed by atoms with Crippen LogP contribution in [0.15, 0.2) is 0 Å². The van der Waals surface area contributed by atoms with E-state index < -0.39 is 0 Å². The Morgan fingerprint density at radius 3 is 2.44 bits per heavy atom. The zero-order valence-electron chi connectivity index (χ0n) is 11.6. The Morgan fingerprint density at radius 2 is 1.94 bits per heavy atom. The van der Waals surface area contributed by atoms with Crippen molar-refractivity contribution < 1.29 is 9.90 Å². The summed E-state index contributed by atoms with van der Waals surface area (Å²) in [7, 11) is 3.92. The first-order chi connectivity index (χ1) is 8.52. The molecule has 18 heavy (non-hydrogen) atoms. The molecule has 0 aromatic carbocycles. The van der Waals surface area contributed by atoms with E-state index in [1.165, 1.54) is 0 Å². The van der Waals surface area contributed by atoms with Crippen LogP contribution in [0.2, 0.25) is 0 Å². The molecule has 1 heterocycles. The highest BCUT2D eigenvalue weighted by Gasteiger charge is 2.22. The van der Waals surface area contributed by atoms with Crippen molar-refractivity contribution in [2.45, 2.75) is 6.10 Å². The predicted molar refractivity (Wildman–Crippen MR) is 76.0 cm³/mol. The fraction of sp³-hybridized carbons (Fsp3) is 0.917. The lowest BCUT2D eigenvalue weighted by atomic mass is 10.2. The molecule has 0 aromatic rings. The molecule has 1 aliphatic heterocycles. The van der Waals surface area contributed by atoms with Crippen molar-refractivity contribution in [1.29, 1.82) is 0 Å². The summed E-state index contributed by atoms with van der Waals surface area (Å²) in [6.45, 7) is 4.69. The van der Waals surface area contributed by atoms with Crippen LogP contribution < -0.4 is 0 Å². The third-order valence-corrected chi connectivity index (χ3v) is 3.57. The molecule has 0 bridgehead atoms. The van der Waals surface area contributed by atoms with Crippen LogP contribution in [-0.2, 0) is 4.79 Å². The van der Waals surface area contributed by atoms with Gasteiger partial charge in [-0.3, -0.25) is 9.69 Å². The van der Waals surface area contributed by atoms with Crippen molar-refractivity contribution >= 4 is 17.7 Å². The molecule has 1 amide bonds. The zero-order valence-corrected chi connectivity index (χ0v) is 12.4. The van der Waals surface area contributed by atoms with Gasteiger partial charge in [0.05, 0.1) is 11.9 Å². The zero-order chi connectivity index (χ0) is 13.5. The molecule has 1 fully saturated rings. The minimum atomic E-state index is -0.312. The number of nitrogens with zero attached hydrogens (tertiary/aromatic N) is 3. The van der Waals surface area contributed by atoms with E-state index >= 15 is 0 Å². The number of rotatable bonds is 6. The van der Waals surface area contributed by atoms with Gasteiger partial charge in [0, 0.05) is 39.3 Å². The van der Waals surface area contributed by atoms with E-state index in [-0.39, 0.29) is 12.0 Å². The van der Waals surface area contributed by atoms with Crippen molar-refractivity contribution in [2.75, 3.05) is 65.4 Å². The number of likely N-dealkylation sites (N-methyl/N-ethyl adjacent to an activating group) is 1. The van der Waals surface area contributed by atoms with Gasteiger partial charge in [0.25, 0.3) is 0 Å². The molecule has 0 spiro atoms. The third kappa shape index (κ3) is 5.56. The van der Waals surface area contributed by atoms with Crippen LogP contribution in [0.5, 0.6) is 0 Å². The Kier molecular flexibility index (Phi) is 6.99. The second-order valence-electron chi connectivity index (χ2n) is 5.03. The van der Waals surface area contributed by atoms with Crippen molar-refractivity contribution in [3.63, 3.8) is 0 Å². The average molecular weight is 275 g/mol. The monoisotopic (exact) mass is 275 g/mol. The first kappa shape index (κ1) is 15.8. The summed E-state index contributed by atoms with van der Waals surface area (Å²) in [6.07, 6.45) is 1.64. The highest BCUT2D eigenvalue weighted by atomic mass is 32.2. The Morgan fingerprint density at radius 1 is 1.33 bits per heavy atom. The van der Waals surface area contributed by atoms with Crippen molar-refractivity contribution in [3.05, 3.63) is 0 Å². The van der Waals surface area contributed by atoms with Crippen LogP contribution in [0, 0.1) is 0 Å². The fourth-order valence-electron chi connectivity index (χ4n) is 2.17. The van der Waals surface area contributed by atoms with Gasteiger partial charge in [-0.2, -0.15) is 11.8 Å². The molecule has 106 valence electrons. The summed E-state index contributed by atoms with van der Waals surface area (Å²) in [5.74, 6) is 0.805. The number of aliphatic hydroxyl groups is 1. The Balaban J connectivity index is 2.24. The minimum Gasteiger partial charge on any atom is -0.390 e. The smallest absolute Gasteiger partial charge is 0.232 e. The molecular weight excluding hydrogens is 250 g/mol. The summed E-state index contributed by atoms with van der Waals surface area (Å²) < 4.78 is 0. The number of thioether (sulfide) groups is 1. The van der Waals surface area contributed by atoms with Gasteiger partial charge < -0.3 is 14.9 Å². The molecule has 1 N–H and O–H groups in total. The molecular formula is C12H25N3O2S. The largest absolute Gasteiger partial charge is 0.390 e. The van der Waals surface area contributed by atoms with Gasteiger partial charge in [0.15, 0.2) is 0 Å². The number of carbonyl (C=O) groups excluding carboxylic acids is 1. The van der Waals surface area contributed by atoms with Gasteiger partial charge in [-0.05, 0) is 20.4 Å². The number of carbonyl (C=O) groups is 1. The maximum absolute atomic E-state index is 11.7. The maximum atomic E-state index is 11.7. The molecule has 1 aliphatic rings. The summed E-state index contributed by atoms with van der Waals surface area (Å²) in [4.78, 5) is 17.8. The van der Waals surface area contributed by atoms with Crippen molar-refractivity contribution in [1.82, 2.24) is 14.7 Å². The Labute approximate surface area is 114 Å². The lowest BCUT2D eigenvalue weighted by Crippen LogP contribution is -2.51. The highest BCUT2D eigenvalue weighted by Crippen LogP contribution is 2.05. The van der Waals surface area contributed by atoms with Gasteiger partial charge in [0.2, 0.25) is 5.91 Å². The number of aliphatic hydroxyl groups excluding tert-OH is 1. The molecule has 6 heteroatoms. The molecule has 1 unspecified atom stereocenters. The van der Waals surface area contributed by atoms with E-state index in [0.717, 1.165) is 26.2 Å². The van der Waals surface area contributed by atoms with Gasteiger partial charge in [-0.15, -0.1) is 0 Å². The molecule has 0 saturated carbocycles. The molecule has 1 rings (SSSR count). The fourth-order valence-corrected chi connectivity index (χ4v) is 2.60. The predicted octanol–water partition coefficient (Wildman–Crippen LogP) is -0.584. The van der Waals surface area contributed by atoms with Gasteiger partial charge >= 0.3 is 0 Å². The summed E-state index contributed by atoms with van der Waals surface area (Å²) >= 11 is 1.57. The van der Waals surface area contributed by atoms with E-state index in [2.05, 4.69) is 4.90 Å². The van der Waals surface area contributed by atoms with E-state index in [4.69, 9.17) is 0 Å². The van der Waals surface area contributed by atoms with Crippen LogP contribution in [0.25, 0.3) is 0 Å². The summed E-state index contributed by atoms with van der Waals surface area (Å²) in [6, 6.07) is 0. The SMILES string of the molecule is CSCC(=O)N1CCN(CC(O)CN(C)C)CC1. The summed E-state index contributed by atoms with van der Waals surface area (Å²) in [5, 5.41) is 9.86. The topological polar surface area (TPSA) is 47.0 Å². The van der Waals surface area contributed by atoms with Crippen LogP contribution >= 0.6 is 11.8 Å². The second-order valence-corrected chi connectivity index (χ2v) is 5.90. The lowest BCUT2D eigenvalue weighted by Gasteiger charge is -2.35. The van der Waals surface area contributed by atoms with Crippen LogP contribution in [0.1, 0.15) is 0 Å². The van der Waals surface area contributed by atoms with Gasteiger partial charge in [-0.25, -0.2) is 0 Å². The van der Waals surface area contributed by atoms with Crippen molar-refractivity contribution in [3.8, 4) is 0 Å². The highest BCUT2D eigenvalue weighted by molar-refractivity contribution is 7.99. The number of amides is 1. The molecule has 0 radical (unpaired) electrons.